The highest BCUT2D eigenvalue weighted by Gasteiger charge is 2.46. The highest BCUT2D eigenvalue weighted by molar-refractivity contribution is 14.1. The van der Waals surface area contributed by atoms with Crippen molar-refractivity contribution >= 4 is 22.6 Å². The third-order valence-corrected chi connectivity index (χ3v) is 5.07. The van der Waals surface area contributed by atoms with E-state index in [1.165, 1.54) is 0 Å². The van der Waals surface area contributed by atoms with Crippen LogP contribution in [0, 0.1) is 5.92 Å². The molecule has 2 N–H and O–H groups in total. The van der Waals surface area contributed by atoms with Crippen molar-refractivity contribution in [1.29, 1.82) is 0 Å². The summed E-state index contributed by atoms with van der Waals surface area (Å²) in [7, 11) is 0. The normalized spacial score (nSPS) is 36.6. The molecule has 1 rings (SSSR count). The quantitative estimate of drug-likeness (QED) is 0.421. The Morgan fingerprint density at radius 1 is 1.62 bits per heavy atom. The Labute approximate surface area is 112 Å². The Bertz CT molecular complexity index is 208. The van der Waals surface area contributed by atoms with Crippen molar-refractivity contribution in [1.82, 2.24) is 0 Å². The minimum atomic E-state index is 0.117. The van der Waals surface area contributed by atoms with Crippen molar-refractivity contribution in [3.63, 3.8) is 0 Å². The summed E-state index contributed by atoms with van der Waals surface area (Å²) in [6.45, 7) is 8.49. The lowest BCUT2D eigenvalue weighted by molar-refractivity contribution is 0.0312. The lowest BCUT2D eigenvalue weighted by Gasteiger charge is -2.28. The zero-order valence-corrected chi connectivity index (χ0v) is 12.6. The minimum absolute atomic E-state index is 0.117. The molecule has 1 saturated heterocycles. The predicted octanol–water partition coefficient (Wildman–Crippen LogP) is 2.12. The van der Waals surface area contributed by atoms with Gasteiger partial charge in [0.15, 0.2) is 0 Å². The first-order chi connectivity index (χ1) is 7.52. The molecule has 2 unspecified atom stereocenters. The van der Waals surface area contributed by atoms with Gasteiger partial charge in [-0.3, -0.25) is 0 Å². The molecule has 1 aliphatic heterocycles. The fourth-order valence-corrected chi connectivity index (χ4v) is 2.78. The predicted molar refractivity (Wildman–Crippen MR) is 74.5 cm³/mol. The summed E-state index contributed by atoms with van der Waals surface area (Å²) in [5, 5.41) is 7.30. The molecule has 0 bridgehead atoms. The number of hydrogen-bond donors (Lipinski definition) is 0. The van der Waals surface area contributed by atoms with Gasteiger partial charge in [-0.2, -0.15) is 0 Å². The van der Waals surface area contributed by atoms with Crippen LogP contribution in [0.15, 0.2) is 0 Å². The van der Waals surface area contributed by atoms with Gasteiger partial charge < -0.3 is 14.6 Å². The Morgan fingerprint density at radius 2 is 2.31 bits per heavy atom. The smallest absolute Gasteiger partial charge is 0.146 e. The van der Waals surface area contributed by atoms with Crippen molar-refractivity contribution < 1.29 is 14.6 Å². The molecule has 3 nitrogen and oxygen atoms in total. The molecule has 0 aliphatic carbocycles. The van der Waals surface area contributed by atoms with Crippen molar-refractivity contribution in [2.45, 2.75) is 49.2 Å². The molecule has 0 amide bonds. The second-order valence-electron chi connectivity index (χ2n) is 4.76. The maximum absolute atomic E-state index is 7.30. The highest BCUT2D eigenvalue weighted by atomic mass is 127. The van der Waals surface area contributed by atoms with E-state index in [-0.39, 0.29) is 9.53 Å². The molecular weight excluding hydrogens is 319 g/mol. The Hall–Kier alpha value is 0.610. The van der Waals surface area contributed by atoms with Gasteiger partial charge in [-0.15, -0.1) is 0 Å². The molecule has 0 aromatic carbocycles. The minimum Gasteiger partial charge on any atom is -0.445 e. The third kappa shape index (κ3) is 3.55. The van der Waals surface area contributed by atoms with E-state index in [0.29, 0.717) is 18.6 Å². The summed E-state index contributed by atoms with van der Waals surface area (Å²) in [6, 6.07) is 0. The van der Waals surface area contributed by atoms with Crippen LogP contribution in [0.1, 0.15) is 33.6 Å². The van der Waals surface area contributed by atoms with Crippen molar-refractivity contribution in [2.24, 2.45) is 5.92 Å². The number of ether oxygens (including phenoxy) is 2. The second-order valence-corrected chi connectivity index (χ2v) is 7.09. The van der Waals surface area contributed by atoms with Crippen LogP contribution in [0.2, 0.25) is 0 Å². The van der Waals surface area contributed by atoms with Crippen molar-refractivity contribution in [3.05, 3.63) is 0 Å². The molecule has 1 heterocycles. The first kappa shape index (κ1) is 14.7. The maximum Gasteiger partial charge on any atom is 0.146 e. The van der Waals surface area contributed by atoms with E-state index in [2.05, 4.69) is 43.4 Å². The summed E-state index contributed by atoms with van der Waals surface area (Å²) >= 11 is 2.48. The lowest BCUT2D eigenvalue weighted by Crippen LogP contribution is -2.37. The maximum atomic E-state index is 7.30. The largest absolute Gasteiger partial charge is 0.445 e. The monoisotopic (exact) mass is 343 g/mol. The molecule has 0 aromatic rings. The Morgan fingerprint density at radius 3 is 2.88 bits per heavy atom. The molecule has 0 spiro atoms. The van der Waals surface area contributed by atoms with Crippen LogP contribution < -0.4 is 0 Å². The number of alkyl halides is 1. The van der Waals surface area contributed by atoms with E-state index in [1.807, 2.05) is 0 Å². The average molecular weight is 343 g/mol. The zero-order valence-electron chi connectivity index (χ0n) is 10.5. The van der Waals surface area contributed by atoms with E-state index in [9.17, 15) is 0 Å². The SMILES string of the molecule is CCC(C)OC[C@@H]1COC(CC[OH2+])[C@@]1(C)I. The van der Waals surface area contributed by atoms with Crippen molar-refractivity contribution in [3.8, 4) is 0 Å². The first-order valence-corrected chi connectivity index (χ1v) is 7.16. The molecule has 0 saturated carbocycles. The molecule has 1 aliphatic rings. The molecule has 4 atom stereocenters. The molecule has 4 heteroatoms. The van der Waals surface area contributed by atoms with E-state index >= 15 is 0 Å². The summed E-state index contributed by atoms with van der Waals surface area (Å²) in [5.41, 5.74) is 0. The van der Waals surface area contributed by atoms with Crippen LogP contribution in [0.4, 0.5) is 0 Å². The summed E-state index contributed by atoms with van der Waals surface area (Å²) in [5.74, 6) is 0.457. The van der Waals surface area contributed by atoms with Crippen LogP contribution in [-0.2, 0) is 9.47 Å². The molecule has 0 radical (unpaired) electrons. The van der Waals surface area contributed by atoms with Crippen LogP contribution >= 0.6 is 22.6 Å². The van der Waals surface area contributed by atoms with Gasteiger partial charge in [-0.1, -0.05) is 29.5 Å². The Kier molecular flexibility index (Phi) is 5.98. The zero-order chi connectivity index (χ0) is 12.2. The fourth-order valence-electron chi connectivity index (χ4n) is 1.93. The van der Waals surface area contributed by atoms with E-state index in [1.54, 1.807) is 0 Å². The molecule has 0 aromatic heterocycles. The van der Waals surface area contributed by atoms with E-state index in [0.717, 1.165) is 26.1 Å². The standard InChI is InChI=1S/C12H23IO3/c1-4-9(2)15-7-10-8-16-11(5-6-14)12(10,3)13/h9-11,14H,4-8H2,1-3H3/p+1/t9?,10-,11?,12+/m1/s1. The highest BCUT2D eigenvalue weighted by Crippen LogP contribution is 2.41. The van der Waals surface area contributed by atoms with E-state index in [4.69, 9.17) is 14.6 Å². The summed E-state index contributed by atoms with van der Waals surface area (Å²) in [4.78, 5) is 0. The second kappa shape index (κ2) is 6.52. The molecular formula is C12H24IO3+. The third-order valence-electron chi connectivity index (χ3n) is 3.49. The van der Waals surface area contributed by atoms with Gasteiger partial charge in [0.2, 0.25) is 0 Å². The molecule has 1 fully saturated rings. The lowest BCUT2D eigenvalue weighted by atomic mass is 9.92. The number of hydrogen-bond acceptors (Lipinski definition) is 2. The summed E-state index contributed by atoms with van der Waals surface area (Å²) < 4.78 is 11.7. The van der Waals surface area contributed by atoms with Crippen LogP contribution in [0.3, 0.4) is 0 Å². The van der Waals surface area contributed by atoms with Gasteiger partial charge in [0.1, 0.15) is 6.61 Å². The van der Waals surface area contributed by atoms with Crippen LogP contribution in [0.5, 0.6) is 0 Å². The van der Waals surface area contributed by atoms with E-state index < -0.39 is 0 Å². The van der Waals surface area contributed by atoms with Gasteiger partial charge in [-0.05, 0) is 20.3 Å². The topological polar surface area (TPSA) is 41.4 Å². The molecule has 96 valence electrons. The van der Waals surface area contributed by atoms with Crippen molar-refractivity contribution in [2.75, 3.05) is 19.8 Å². The van der Waals surface area contributed by atoms with Gasteiger partial charge in [0, 0.05) is 12.3 Å². The van der Waals surface area contributed by atoms with Crippen LogP contribution in [-0.4, -0.2) is 40.6 Å². The van der Waals surface area contributed by atoms with Crippen LogP contribution in [0.25, 0.3) is 0 Å². The van der Waals surface area contributed by atoms with Gasteiger partial charge in [0.05, 0.1) is 28.8 Å². The summed E-state index contributed by atoms with van der Waals surface area (Å²) in [6.07, 6.45) is 2.44. The van der Waals surface area contributed by atoms with Gasteiger partial charge in [-0.25, -0.2) is 0 Å². The fraction of sp³-hybridized carbons (Fsp3) is 1.00. The first-order valence-electron chi connectivity index (χ1n) is 6.09. The number of rotatable bonds is 6. The average Bonchev–Trinajstić information content (AvgIpc) is 2.52. The Balaban J connectivity index is 2.44. The number of halogens is 1. The molecule has 16 heavy (non-hydrogen) atoms. The van der Waals surface area contributed by atoms with Gasteiger partial charge in [0.25, 0.3) is 0 Å². The van der Waals surface area contributed by atoms with Gasteiger partial charge >= 0.3 is 0 Å².